The standard InChI is InChI=1S/C20H21N7O4/c21-9-13-15-12-8-14(30)27(10-11-2-1-7-31-11)20(12)25-18(23)16(15)17(22)24-19(13)26(3-5-28)4-6-29/h1-2,7,28-29H,3-6,8,10H2,(H2,22,24)(H2,23,25). The molecule has 11 nitrogen and oxygen atoms in total. The average molecular weight is 423 g/mol. The minimum Gasteiger partial charge on any atom is -0.467 e. The van der Waals surface area contributed by atoms with Crippen molar-refractivity contribution in [3.05, 3.63) is 35.3 Å². The zero-order valence-corrected chi connectivity index (χ0v) is 16.6. The molecular weight excluding hydrogens is 402 g/mol. The van der Waals surface area contributed by atoms with E-state index in [-0.39, 0.29) is 68.2 Å². The van der Waals surface area contributed by atoms with Gasteiger partial charge in [-0.1, -0.05) is 0 Å². The molecule has 0 spiro atoms. The molecule has 0 saturated carbocycles. The highest BCUT2D eigenvalue weighted by Crippen LogP contribution is 2.42. The molecule has 0 unspecified atom stereocenters. The topological polar surface area (TPSA) is 179 Å². The maximum Gasteiger partial charge on any atom is 0.233 e. The maximum atomic E-state index is 12.8. The van der Waals surface area contributed by atoms with Gasteiger partial charge in [0, 0.05) is 24.0 Å². The molecule has 31 heavy (non-hydrogen) atoms. The lowest BCUT2D eigenvalue weighted by molar-refractivity contribution is -0.117. The molecule has 1 amide bonds. The van der Waals surface area contributed by atoms with Gasteiger partial charge < -0.3 is 31.0 Å². The first kappa shape index (κ1) is 20.4. The molecule has 6 N–H and O–H groups in total. The number of pyridine rings is 2. The Hall–Kier alpha value is -3.88. The number of nitriles is 1. The number of furan rings is 1. The normalized spacial score (nSPS) is 12.9. The summed E-state index contributed by atoms with van der Waals surface area (Å²) < 4.78 is 5.36. The molecule has 0 saturated heterocycles. The van der Waals surface area contributed by atoms with Gasteiger partial charge in [-0.15, -0.1) is 0 Å². The van der Waals surface area contributed by atoms with E-state index in [1.54, 1.807) is 17.0 Å². The summed E-state index contributed by atoms with van der Waals surface area (Å²) in [5.74, 6) is 1.02. The molecule has 0 fully saturated rings. The van der Waals surface area contributed by atoms with Crippen LogP contribution in [0.5, 0.6) is 0 Å². The molecule has 1 aliphatic heterocycles. The first-order chi connectivity index (χ1) is 15.0. The van der Waals surface area contributed by atoms with Crippen molar-refractivity contribution in [2.45, 2.75) is 13.0 Å². The van der Waals surface area contributed by atoms with Gasteiger partial charge in [-0.3, -0.25) is 9.69 Å². The smallest absolute Gasteiger partial charge is 0.233 e. The highest BCUT2D eigenvalue weighted by molar-refractivity contribution is 6.13. The predicted octanol–water partition coefficient (Wildman–Crippen LogP) is 0.139. The number of rotatable bonds is 7. The molecule has 0 aromatic carbocycles. The molecule has 0 radical (unpaired) electrons. The number of nitrogens with two attached hydrogens (primary N) is 2. The molecule has 4 heterocycles. The van der Waals surface area contributed by atoms with Gasteiger partial charge in [0.05, 0.1) is 37.8 Å². The Bertz CT molecular complexity index is 1180. The summed E-state index contributed by atoms with van der Waals surface area (Å²) in [5, 5.41) is 29.5. The molecule has 3 aromatic rings. The van der Waals surface area contributed by atoms with E-state index >= 15 is 0 Å². The van der Waals surface area contributed by atoms with Crippen molar-refractivity contribution in [2.24, 2.45) is 0 Å². The first-order valence-electron chi connectivity index (χ1n) is 9.61. The van der Waals surface area contributed by atoms with Gasteiger partial charge in [0.15, 0.2) is 0 Å². The maximum absolute atomic E-state index is 12.8. The third-order valence-electron chi connectivity index (χ3n) is 5.19. The van der Waals surface area contributed by atoms with Crippen LogP contribution >= 0.6 is 0 Å². The van der Waals surface area contributed by atoms with E-state index in [9.17, 15) is 20.3 Å². The molecule has 0 aliphatic carbocycles. The third kappa shape index (κ3) is 3.37. The Kier molecular flexibility index (Phi) is 5.33. The number of aliphatic hydroxyl groups excluding tert-OH is 2. The van der Waals surface area contributed by atoms with Crippen molar-refractivity contribution in [1.82, 2.24) is 9.97 Å². The fourth-order valence-corrected chi connectivity index (χ4v) is 3.88. The number of nitrogen functional groups attached to an aromatic ring is 2. The highest BCUT2D eigenvalue weighted by Gasteiger charge is 2.34. The van der Waals surface area contributed by atoms with Crippen LogP contribution in [0.15, 0.2) is 22.8 Å². The number of hydrogen-bond donors (Lipinski definition) is 4. The van der Waals surface area contributed by atoms with E-state index in [0.717, 1.165) is 0 Å². The SMILES string of the molecule is N#Cc1c(N(CCO)CCO)nc(N)c2c(N)nc3c(c12)CC(=O)N3Cc1ccco1. The number of aromatic nitrogens is 2. The Labute approximate surface area is 177 Å². The Morgan fingerprint density at radius 1 is 1.19 bits per heavy atom. The molecule has 0 atom stereocenters. The van der Waals surface area contributed by atoms with Crippen LogP contribution in [-0.2, 0) is 17.8 Å². The zero-order valence-electron chi connectivity index (χ0n) is 16.6. The molecule has 11 heteroatoms. The molecule has 1 aliphatic rings. The number of anilines is 4. The summed E-state index contributed by atoms with van der Waals surface area (Å²) in [6, 6.07) is 5.61. The number of hydrogen-bond acceptors (Lipinski definition) is 10. The second-order valence-electron chi connectivity index (χ2n) is 7.03. The van der Waals surface area contributed by atoms with E-state index in [4.69, 9.17) is 15.9 Å². The van der Waals surface area contributed by atoms with Crippen LogP contribution in [0.2, 0.25) is 0 Å². The number of amides is 1. The number of fused-ring (bicyclic) bond motifs is 3. The van der Waals surface area contributed by atoms with Gasteiger partial charge in [-0.05, 0) is 12.1 Å². The summed E-state index contributed by atoms with van der Waals surface area (Å²) >= 11 is 0. The van der Waals surface area contributed by atoms with Crippen LogP contribution in [0.25, 0.3) is 10.8 Å². The first-order valence-corrected chi connectivity index (χ1v) is 9.61. The molecule has 160 valence electrons. The van der Waals surface area contributed by atoms with Gasteiger partial charge in [-0.2, -0.15) is 5.26 Å². The number of nitrogens with zero attached hydrogens (tertiary/aromatic N) is 5. The van der Waals surface area contributed by atoms with E-state index in [1.807, 2.05) is 0 Å². The Morgan fingerprint density at radius 3 is 2.52 bits per heavy atom. The van der Waals surface area contributed by atoms with Crippen molar-refractivity contribution < 1.29 is 19.4 Å². The van der Waals surface area contributed by atoms with Crippen LogP contribution in [0, 0.1) is 11.3 Å². The summed E-state index contributed by atoms with van der Waals surface area (Å²) in [7, 11) is 0. The molecule has 0 bridgehead atoms. The fourth-order valence-electron chi connectivity index (χ4n) is 3.88. The van der Waals surface area contributed by atoms with Gasteiger partial charge in [-0.25, -0.2) is 9.97 Å². The highest BCUT2D eigenvalue weighted by atomic mass is 16.3. The quantitative estimate of drug-likeness (QED) is 0.408. The Morgan fingerprint density at radius 2 is 1.90 bits per heavy atom. The number of aliphatic hydroxyl groups is 2. The van der Waals surface area contributed by atoms with Crippen LogP contribution in [0.3, 0.4) is 0 Å². The van der Waals surface area contributed by atoms with Crippen LogP contribution < -0.4 is 21.3 Å². The lowest BCUT2D eigenvalue weighted by Gasteiger charge is -2.25. The summed E-state index contributed by atoms with van der Waals surface area (Å²) in [5.41, 5.74) is 13.0. The van der Waals surface area contributed by atoms with E-state index in [2.05, 4.69) is 16.0 Å². The van der Waals surface area contributed by atoms with Crippen LogP contribution in [-0.4, -0.2) is 52.4 Å². The second-order valence-corrected chi connectivity index (χ2v) is 7.03. The third-order valence-corrected chi connectivity index (χ3v) is 5.19. The van der Waals surface area contributed by atoms with Gasteiger partial charge >= 0.3 is 0 Å². The summed E-state index contributed by atoms with van der Waals surface area (Å²) in [4.78, 5) is 24.6. The second kappa shape index (κ2) is 8.10. The monoisotopic (exact) mass is 423 g/mol. The van der Waals surface area contributed by atoms with Gasteiger partial charge in [0.1, 0.15) is 40.7 Å². The van der Waals surface area contributed by atoms with Crippen LogP contribution in [0.1, 0.15) is 16.9 Å². The fraction of sp³-hybridized carbons (Fsp3) is 0.300. The minimum absolute atomic E-state index is 0.0113. The van der Waals surface area contributed by atoms with E-state index in [1.165, 1.54) is 11.2 Å². The molecule has 3 aromatic heterocycles. The molecular formula is C20H21N7O4. The number of carbonyl (C=O) groups is 1. The van der Waals surface area contributed by atoms with Crippen molar-refractivity contribution in [3.8, 4) is 6.07 Å². The van der Waals surface area contributed by atoms with Crippen molar-refractivity contribution in [2.75, 3.05) is 47.6 Å². The van der Waals surface area contributed by atoms with Crippen molar-refractivity contribution >= 4 is 40.0 Å². The number of carbonyl (C=O) groups excluding carboxylic acids is 1. The summed E-state index contributed by atoms with van der Waals surface area (Å²) in [6.45, 7) is 0.0270. The van der Waals surface area contributed by atoms with Gasteiger partial charge in [0.2, 0.25) is 5.91 Å². The minimum atomic E-state index is -0.214. The van der Waals surface area contributed by atoms with Crippen molar-refractivity contribution in [1.29, 1.82) is 5.26 Å². The lowest BCUT2D eigenvalue weighted by atomic mass is 10.0. The van der Waals surface area contributed by atoms with E-state index < -0.39 is 0 Å². The molecule has 4 rings (SSSR count). The lowest BCUT2D eigenvalue weighted by Crippen LogP contribution is -2.31. The van der Waals surface area contributed by atoms with Crippen LogP contribution in [0.4, 0.5) is 23.3 Å². The van der Waals surface area contributed by atoms with Crippen molar-refractivity contribution in [3.63, 3.8) is 0 Å². The predicted molar refractivity (Wildman–Crippen MR) is 113 cm³/mol. The average Bonchev–Trinajstić information content (AvgIpc) is 3.36. The van der Waals surface area contributed by atoms with Gasteiger partial charge in [0.25, 0.3) is 0 Å². The summed E-state index contributed by atoms with van der Waals surface area (Å²) in [6.07, 6.45) is 1.53. The largest absolute Gasteiger partial charge is 0.467 e. The Balaban J connectivity index is 1.96. The van der Waals surface area contributed by atoms with E-state index in [0.29, 0.717) is 27.9 Å². The zero-order chi connectivity index (χ0) is 22.1.